The summed E-state index contributed by atoms with van der Waals surface area (Å²) in [5, 5.41) is 0. The molecule has 2 rings (SSSR count). The lowest BCUT2D eigenvalue weighted by Gasteiger charge is -2.34. The molecule has 0 atom stereocenters. The van der Waals surface area contributed by atoms with E-state index in [1.54, 1.807) is 7.11 Å². The van der Waals surface area contributed by atoms with Gasteiger partial charge in [0.1, 0.15) is 0 Å². The maximum atomic E-state index is 5.76. The Bertz CT molecular complexity index is 332. The molecule has 0 spiro atoms. The molecule has 0 aromatic heterocycles. The SMILES string of the molecule is COC1CCN(c2ccccc2CN)CC1. The number of hydrogen-bond acceptors (Lipinski definition) is 3. The van der Waals surface area contributed by atoms with Crippen LogP contribution in [0.15, 0.2) is 24.3 Å². The molecule has 16 heavy (non-hydrogen) atoms. The summed E-state index contributed by atoms with van der Waals surface area (Å²) in [5.41, 5.74) is 8.29. The van der Waals surface area contributed by atoms with Gasteiger partial charge in [-0.25, -0.2) is 0 Å². The van der Waals surface area contributed by atoms with E-state index in [-0.39, 0.29) is 0 Å². The highest BCUT2D eigenvalue weighted by atomic mass is 16.5. The maximum absolute atomic E-state index is 5.76. The fourth-order valence-corrected chi connectivity index (χ4v) is 2.32. The number of para-hydroxylation sites is 1. The highest BCUT2D eigenvalue weighted by Gasteiger charge is 2.19. The third-order valence-electron chi connectivity index (χ3n) is 3.33. The third kappa shape index (κ3) is 2.36. The summed E-state index contributed by atoms with van der Waals surface area (Å²) in [6.45, 7) is 2.74. The molecule has 1 aromatic carbocycles. The standard InChI is InChI=1S/C13H20N2O/c1-16-12-6-8-15(9-7-12)13-5-3-2-4-11(13)10-14/h2-5,12H,6-10,14H2,1H3. The van der Waals surface area contributed by atoms with Gasteiger partial charge in [0.05, 0.1) is 6.10 Å². The molecule has 1 fully saturated rings. The molecular weight excluding hydrogens is 200 g/mol. The van der Waals surface area contributed by atoms with Crippen molar-refractivity contribution in [3.8, 4) is 0 Å². The second kappa shape index (κ2) is 5.32. The first-order valence-corrected chi connectivity index (χ1v) is 5.91. The van der Waals surface area contributed by atoms with E-state index in [1.165, 1.54) is 11.3 Å². The number of nitrogens with zero attached hydrogens (tertiary/aromatic N) is 1. The van der Waals surface area contributed by atoms with Crippen molar-refractivity contribution >= 4 is 5.69 Å². The summed E-state index contributed by atoms with van der Waals surface area (Å²) in [6.07, 6.45) is 2.64. The zero-order chi connectivity index (χ0) is 11.4. The molecule has 88 valence electrons. The average Bonchev–Trinajstić information content (AvgIpc) is 2.39. The van der Waals surface area contributed by atoms with Crippen LogP contribution in [0.2, 0.25) is 0 Å². The molecule has 0 amide bonds. The molecule has 1 heterocycles. The van der Waals surface area contributed by atoms with Crippen LogP contribution in [0.5, 0.6) is 0 Å². The smallest absolute Gasteiger partial charge is 0.0605 e. The number of ether oxygens (including phenoxy) is 1. The molecule has 2 N–H and O–H groups in total. The topological polar surface area (TPSA) is 38.5 Å². The third-order valence-corrected chi connectivity index (χ3v) is 3.33. The lowest BCUT2D eigenvalue weighted by Crippen LogP contribution is -2.37. The van der Waals surface area contributed by atoms with E-state index >= 15 is 0 Å². The van der Waals surface area contributed by atoms with Gasteiger partial charge in [-0.2, -0.15) is 0 Å². The quantitative estimate of drug-likeness (QED) is 0.843. The zero-order valence-corrected chi connectivity index (χ0v) is 9.86. The number of rotatable bonds is 3. The zero-order valence-electron chi connectivity index (χ0n) is 9.86. The minimum atomic E-state index is 0.432. The van der Waals surface area contributed by atoms with Crippen molar-refractivity contribution in [2.45, 2.75) is 25.5 Å². The number of piperidine rings is 1. The Kier molecular flexibility index (Phi) is 3.80. The van der Waals surface area contributed by atoms with E-state index in [0.717, 1.165) is 25.9 Å². The predicted octanol–water partition coefficient (Wildman–Crippen LogP) is 1.76. The lowest BCUT2D eigenvalue weighted by molar-refractivity contribution is 0.0819. The highest BCUT2D eigenvalue weighted by molar-refractivity contribution is 5.53. The summed E-state index contributed by atoms with van der Waals surface area (Å²) < 4.78 is 5.38. The Labute approximate surface area is 97.2 Å². The van der Waals surface area contributed by atoms with E-state index in [1.807, 2.05) is 6.07 Å². The fourth-order valence-electron chi connectivity index (χ4n) is 2.32. The van der Waals surface area contributed by atoms with Gasteiger partial charge < -0.3 is 15.4 Å². The fraction of sp³-hybridized carbons (Fsp3) is 0.538. The van der Waals surface area contributed by atoms with Crippen LogP contribution in [0.4, 0.5) is 5.69 Å². The van der Waals surface area contributed by atoms with Gasteiger partial charge in [0.15, 0.2) is 0 Å². The van der Waals surface area contributed by atoms with Crippen LogP contribution in [-0.2, 0) is 11.3 Å². The summed E-state index contributed by atoms with van der Waals surface area (Å²) >= 11 is 0. The Morgan fingerprint density at radius 3 is 2.62 bits per heavy atom. The average molecular weight is 220 g/mol. The highest BCUT2D eigenvalue weighted by Crippen LogP contribution is 2.24. The summed E-state index contributed by atoms with van der Waals surface area (Å²) in [6, 6.07) is 8.40. The molecule has 3 nitrogen and oxygen atoms in total. The molecule has 0 unspecified atom stereocenters. The van der Waals surface area contributed by atoms with Crippen LogP contribution in [0.1, 0.15) is 18.4 Å². The van der Waals surface area contributed by atoms with Crippen LogP contribution >= 0.6 is 0 Å². The summed E-state index contributed by atoms with van der Waals surface area (Å²) in [5.74, 6) is 0. The van der Waals surface area contributed by atoms with Gasteiger partial charge in [0.2, 0.25) is 0 Å². The minimum Gasteiger partial charge on any atom is -0.381 e. The first kappa shape index (κ1) is 11.4. The van der Waals surface area contributed by atoms with Crippen molar-refractivity contribution < 1.29 is 4.74 Å². The Morgan fingerprint density at radius 1 is 1.31 bits per heavy atom. The number of anilines is 1. The van der Waals surface area contributed by atoms with E-state index in [0.29, 0.717) is 12.6 Å². The summed E-state index contributed by atoms with van der Waals surface area (Å²) in [4.78, 5) is 2.41. The van der Waals surface area contributed by atoms with Crippen molar-refractivity contribution in [2.24, 2.45) is 5.73 Å². The molecular formula is C13H20N2O. The molecule has 3 heteroatoms. The van der Waals surface area contributed by atoms with Crippen molar-refractivity contribution in [1.82, 2.24) is 0 Å². The van der Waals surface area contributed by atoms with Crippen molar-refractivity contribution in [2.75, 3.05) is 25.1 Å². The van der Waals surface area contributed by atoms with Crippen LogP contribution in [-0.4, -0.2) is 26.3 Å². The maximum Gasteiger partial charge on any atom is 0.0605 e. The van der Waals surface area contributed by atoms with Gasteiger partial charge >= 0.3 is 0 Å². The number of benzene rings is 1. The van der Waals surface area contributed by atoms with E-state index in [9.17, 15) is 0 Å². The van der Waals surface area contributed by atoms with Gasteiger partial charge in [0.25, 0.3) is 0 Å². The first-order chi connectivity index (χ1) is 7.85. The van der Waals surface area contributed by atoms with Gasteiger partial charge in [0, 0.05) is 32.4 Å². The minimum absolute atomic E-state index is 0.432. The predicted molar refractivity (Wildman–Crippen MR) is 66.6 cm³/mol. The van der Waals surface area contributed by atoms with Crippen molar-refractivity contribution in [1.29, 1.82) is 0 Å². The number of hydrogen-bond donors (Lipinski definition) is 1. The molecule has 0 bridgehead atoms. The number of nitrogens with two attached hydrogens (primary N) is 1. The Balaban J connectivity index is 2.07. The van der Waals surface area contributed by atoms with Crippen LogP contribution in [0, 0.1) is 0 Å². The first-order valence-electron chi connectivity index (χ1n) is 5.91. The molecule has 1 aromatic rings. The van der Waals surface area contributed by atoms with Crippen LogP contribution in [0.25, 0.3) is 0 Å². The normalized spacial score (nSPS) is 17.8. The van der Waals surface area contributed by atoms with Gasteiger partial charge in [-0.1, -0.05) is 18.2 Å². The van der Waals surface area contributed by atoms with Crippen molar-refractivity contribution in [3.05, 3.63) is 29.8 Å². The van der Waals surface area contributed by atoms with E-state index in [2.05, 4.69) is 23.1 Å². The molecule has 0 radical (unpaired) electrons. The Hall–Kier alpha value is -1.06. The second-order valence-electron chi connectivity index (χ2n) is 4.25. The van der Waals surface area contributed by atoms with Crippen LogP contribution in [0.3, 0.4) is 0 Å². The van der Waals surface area contributed by atoms with Crippen LogP contribution < -0.4 is 10.6 Å². The molecule has 0 saturated carbocycles. The Morgan fingerprint density at radius 2 is 2.00 bits per heavy atom. The monoisotopic (exact) mass is 220 g/mol. The summed E-state index contributed by atoms with van der Waals surface area (Å²) in [7, 11) is 1.80. The van der Waals surface area contributed by atoms with Gasteiger partial charge in [-0.15, -0.1) is 0 Å². The number of methoxy groups -OCH3 is 1. The van der Waals surface area contributed by atoms with Gasteiger partial charge in [-0.05, 0) is 24.5 Å². The largest absolute Gasteiger partial charge is 0.381 e. The molecule has 1 aliphatic heterocycles. The second-order valence-corrected chi connectivity index (χ2v) is 4.25. The molecule has 1 aliphatic rings. The molecule has 1 saturated heterocycles. The lowest BCUT2D eigenvalue weighted by atomic mass is 10.0. The van der Waals surface area contributed by atoms with E-state index < -0.39 is 0 Å². The van der Waals surface area contributed by atoms with Crippen molar-refractivity contribution in [3.63, 3.8) is 0 Å². The molecule has 0 aliphatic carbocycles. The van der Waals surface area contributed by atoms with Gasteiger partial charge in [-0.3, -0.25) is 0 Å². The van der Waals surface area contributed by atoms with E-state index in [4.69, 9.17) is 10.5 Å².